The van der Waals surface area contributed by atoms with Crippen LogP contribution in [0.4, 0.5) is 17.2 Å². The average molecular weight is 343 g/mol. The van der Waals surface area contributed by atoms with Crippen molar-refractivity contribution in [2.45, 2.75) is 0 Å². The van der Waals surface area contributed by atoms with Crippen LogP contribution in [0.1, 0.15) is 10.4 Å². The number of benzene rings is 2. The van der Waals surface area contributed by atoms with Gasteiger partial charge in [-0.2, -0.15) is 0 Å². The number of carbonyl (C=O) groups excluding carboxylic acids is 2. The average Bonchev–Trinajstić information content (AvgIpc) is 2.70. The molecule has 5 nitrogen and oxygen atoms in total. The molecule has 0 radical (unpaired) electrons. The maximum Gasteiger partial charge on any atom is 0.238 e. The minimum absolute atomic E-state index is 0.166. The zero-order valence-electron chi connectivity index (χ0n) is 14.0. The molecular weight excluding hydrogens is 326 g/mol. The van der Waals surface area contributed by atoms with Crippen molar-refractivity contribution in [2.24, 2.45) is 5.92 Å². The van der Waals surface area contributed by atoms with E-state index in [4.69, 9.17) is 0 Å². The lowest BCUT2D eigenvalue weighted by Gasteiger charge is -2.34. The third-order valence-electron chi connectivity index (χ3n) is 4.44. The number of para-hydroxylation sites is 2. The molecule has 1 aliphatic rings. The number of carbonyl (C=O) groups is 2. The van der Waals surface area contributed by atoms with Gasteiger partial charge in [0.15, 0.2) is 5.78 Å². The van der Waals surface area contributed by atoms with Crippen LogP contribution in [0.15, 0.2) is 79.0 Å². The summed E-state index contributed by atoms with van der Waals surface area (Å²) in [5.41, 5.74) is 2.33. The number of ketones is 1. The van der Waals surface area contributed by atoms with Gasteiger partial charge in [0, 0.05) is 24.0 Å². The van der Waals surface area contributed by atoms with E-state index >= 15 is 0 Å². The second-order valence-electron chi connectivity index (χ2n) is 6.08. The predicted molar refractivity (Wildman–Crippen MR) is 101 cm³/mol. The highest BCUT2D eigenvalue weighted by atomic mass is 16.2. The molecule has 4 rings (SSSR count). The van der Waals surface area contributed by atoms with Crippen LogP contribution in [-0.4, -0.2) is 23.2 Å². The molecule has 1 N–H and O–H groups in total. The molecule has 0 saturated heterocycles. The SMILES string of the molecule is O=C(Nc1ccccn1)C1CN(c2ccccc2)c2ccccc2C1=O. The van der Waals surface area contributed by atoms with Crippen LogP contribution >= 0.6 is 0 Å². The van der Waals surface area contributed by atoms with E-state index in [9.17, 15) is 9.59 Å². The van der Waals surface area contributed by atoms with Gasteiger partial charge in [-0.3, -0.25) is 9.59 Å². The summed E-state index contributed by atoms with van der Waals surface area (Å²) in [5, 5.41) is 2.75. The van der Waals surface area contributed by atoms with Gasteiger partial charge in [-0.15, -0.1) is 0 Å². The fourth-order valence-corrected chi connectivity index (χ4v) is 3.17. The lowest BCUT2D eigenvalue weighted by molar-refractivity contribution is -0.118. The number of amides is 1. The standard InChI is InChI=1S/C21H17N3O2/c25-20-16-10-4-5-11-18(16)24(15-8-2-1-3-9-15)14-17(20)21(26)23-19-12-6-7-13-22-19/h1-13,17H,14H2,(H,22,23,26). The van der Waals surface area contributed by atoms with Crippen LogP contribution in [-0.2, 0) is 4.79 Å². The maximum absolute atomic E-state index is 12.9. The van der Waals surface area contributed by atoms with Crippen molar-refractivity contribution >= 4 is 28.9 Å². The van der Waals surface area contributed by atoms with Gasteiger partial charge in [-0.25, -0.2) is 4.98 Å². The topological polar surface area (TPSA) is 62.3 Å². The molecule has 2 heterocycles. The fraction of sp³-hybridized carbons (Fsp3) is 0.0952. The monoisotopic (exact) mass is 343 g/mol. The number of anilines is 3. The Bertz CT molecular complexity index is 942. The van der Waals surface area contributed by atoms with Crippen LogP contribution in [0.3, 0.4) is 0 Å². The summed E-state index contributed by atoms with van der Waals surface area (Å²) in [5.74, 6) is -0.868. The van der Waals surface area contributed by atoms with E-state index in [0.29, 0.717) is 17.9 Å². The lowest BCUT2D eigenvalue weighted by atomic mass is 9.90. The first kappa shape index (κ1) is 16.0. The number of pyridine rings is 1. The molecule has 0 bridgehead atoms. The maximum atomic E-state index is 12.9. The van der Waals surface area contributed by atoms with Crippen LogP contribution in [0.25, 0.3) is 0 Å². The van der Waals surface area contributed by atoms with Gasteiger partial charge in [0.2, 0.25) is 5.91 Å². The summed E-state index contributed by atoms with van der Waals surface area (Å²) < 4.78 is 0. The van der Waals surface area contributed by atoms with E-state index in [1.54, 1.807) is 30.5 Å². The molecule has 3 aromatic rings. The highest BCUT2D eigenvalue weighted by molar-refractivity contribution is 6.17. The minimum atomic E-state index is -0.799. The molecule has 0 saturated carbocycles. The summed E-state index contributed by atoms with van der Waals surface area (Å²) in [4.78, 5) is 31.8. The molecule has 0 fully saturated rings. The molecule has 128 valence electrons. The molecule has 5 heteroatoms. The van der Waals surface area contributed by atoms with Crippen molar-refractivity contribution in [2.75, 3.05) is 16.8 Å². The Kier molecular flexibility index (Phi) is 4.19. The van der Waals surface area contributed by atoms with Gasteiger partial charge in [0.1, 0.15) is 11.7 Å². The molecule has 26 heavy (non-hydrogen) atoms. The molecule has 1 aromatic heterocycles. The Morgan fingerprint density at radius 1 is 0.962 bits per heavy atom. The van der Waals surface area contributed by atoms with Crippen molar-refractivity contribution in [3.63, 3.8) is 0 Å². The molecule has 1 aliphatic heterocycles. The molecule has 1 atom stereocenters. The highest BCUT2D eigenvalue weighted by Crippen LogP contribution is 2.35. The predicted octanol–water partition coefficient (Wildman–Crippen LogP) is 3.67. The van der Waals surface area contributed by atoms with Crippen LogP contribution < -0.4 is 10.2 Å². The summed E-state index contributed by atoms with van der Waals surface area (Å²) in [6, 6.07) is 22.4. The first-order chi connectivity index (χ1) is 12.7. The third-order valence-corrected chi connectivity index (χ3v) is 4.44. The summed E-state index contributed by atoms with van der Waals surface area (Å²) in [7, 11) is 0. The smallest absolute Gasteiger partial charge is 0.238 e. The van der Waals surface area contributed by atoms with Gasteiger partial charge >= 0.3 is 0 Å². The molecule has 0 spiro atoms. The van der Waals surface area contributed by atoms with Crippen molar-refractivity contribution in [3.05, 3.63) is 84.6 Å². The van der Waals surface area contributed by atoms with E-state index in [1.807, 2.05) is 53.4 Å². The van der Waals surface area contributed by atoms with Gasteiger partial charge in [0.05, 0.1) is 5.69 Å². The second-order valence-corrected chi connectivity index (χ2v) is 6.08. The van der Waals surface area contributed by atoms with Gasteiger partial charge in [-0.05, 0) is 36.4 Å². The van der Waals surface area contributed by atoms with E-state index in [-0.39, 0.29) is 11.7 Å². The quantitative estimate of drug-likeness (QED) is 0.737. The van der Waals surface area contributed by atoms with E-state index in [1.165, 1.54) is 0 Å². The Hall–Kier alpha value is -3.47. The van der Waals surface area contributed by atoms with Crippen LogP contribution in [0, 0.1) is 5.92 Å². The van der Waals surface area contributed by atoms with Crippen molar-refractivity contribution < 1.29 is 9.59 Å². The lowest BCUT2D eigenvalue weighted by Crippen LogP contribution is -2.43. The normalized spacial score (nSPS) is 16.1. The molecule has 1 amide bonds. The van der Waals surface area contributed by atoms with Crippen molar-refractivity contribution in [3.8, 4) is 0 Å². The Labute approximate surface area is 151 Å². The first-order valence-electron chi connectivity index (χ1n) is 8.42. The first-order valence-corrected chi connectivity index (χ1v) is 8.42. The molecule has 2 aromatic carbocycles. The number of nitrogens with one attached hydrogen (secondary N) is 1. The van der Waals surface area contributed by atoms with Crippen molar-refractivity contribution in [1.29, 1.82) is 0 Å². The minimum Gasteiger partial charge on any atom is -0.340 e. The van der Waals surface area contributed by atoms with Gasteiger partial charge < -0.3 is 10.2 Å². The number of rotatable bonds is 3. The number of hydrogen-bond donors (Lipinski definition) is 1. The van der Waals surface area contributed by atoms with Gasteiger partial charge in [0.25, 0.3) is 0 Å². The fourth-order valence-electron chi connectivity index (χ4n) is 3.17. The van der Waals surface area contributed by atoms with Crippen molar-refractivity contribution in [1.82, 2.24) is 4.98 Å². The van der Waals surface area contributed by atoms with Gasteiger partial charge in [-0.1, -0.05) is 36.4 Å². The third kappa shape index (κ3) is 2.95. The van der Waals surface area contributed by atoms with E-state index < -0.39 is 5.92 Å². The Morgan fingerprint density at radius 3 is 2.46 bits per heavy atom. The molecule has 0 aliphatic carbocycles. The molecular formula is C21H17N3O2. The van der Waals surface area contributed by atoms with Crippen LogP contribution in [0.5, 0.6) is 0 Å². The zero-order valence-corrected chi connectivity index (χ0v) is 14.0. The number of hydrogen-bond acceptors (Lipinski definition) is 4. The summed E-state index contributed by atoms with van der Waals surface area (Å²) in [6.07, 6.45) is 1.60. The number of fused-ring (bicyclic) bond motifs is 1. The Morgan fingerprint density at radius 2 is 1.69 bits per heavy atom. The number of nitrogens with zero attached hydrogens (tertiary/aromatic N) is 2. The number of aromatic nitrogens is 1. The Balaban J connectivity index is 1.69. The van der Waals surface area contributed by atoms with E-state index in [2.05, 4.69) is 10.3 Å². The van der Waals surface area contributed by atoms with Crippen LogP contribution in [0.2, 0.25) is 0 Å². The van der Waals surface area contributed by atoms with E-state index in [0.717, 1.165) is 11.4 Å². The number of Topliss-reactive ketones (excluding diaryl/α,β-unsaturated/α-hetero) is 1. The zero-order chi connectivity index (χ0) is 17.9. The largest absolute Gasteiger partial charge is 0.340 e. The summed E-state index contributed by atoms with van der Waals surface area (Å²) in [6.45, 7) is 0.290. The molecule has 1 unspecified atom stereocenters. The highest BCUT2D eigenvalue weighted by Gasteiger charge is 2.37. The summed E-state index contributed by atoms with van der Waals surface area (Å²) >= 11 is 0. The second kappa shape index (κ2) is 6.80.